The van der Waals surface area contributed by atoms with E-state index in [4.69, 9.17) is 16.0 Å². The average molecular weight is 388 g/mol. The third-order valence-corrected chi connectivity index (χ3v) is 4.91. The number of hydrogen-bond donors (Lipinski definition) is 1. The Balaban J connectivity index is 1.97. The predicted molar refractivity (Wildman–Crippen MR) is 98.5 cm³/mol. The van der Waals surface area contributed by atoms with E-state index in [-0.39, 0.29) is 40.9 Å². The van der Waals surface area contributed by atoms with Crippen LogP contribution in [-0.4, -0.2) is 29.1 Å². The summed E-state index contributed by atoms with van der Waals surface area (Å²) in [4.78, 5) is 27.6. The predicted octanol–water partition coefficient (Wildman–Crippen LogP) is 3.51. The maximum Gasteiger partial charge on any atom is 0.290 e. The summed E-state index contributed by atoms with van der Waals surface area (Å²) in [5.74, 6) is -0.869. The fourth-order valence-electron chi connectivity index (χ4n) is 3.46. The minimum Gasteiger partial charge on any atom is -0.450 e. The highest BCUT2D eigenvalue weighted by Crippen LogP contribution is 2.38. The van der Waals surface area contributed by atoms with Crippen molar-refractivity contribution in [2.45, 2.75) is 12.5 Å². The molecule has 0 saturated carbocycles. The summed E-state index contributed by atoms with van der Waals surface area (Å²) in [5, 5.41) is 9.84. The Kier molecular flexibility index (Phi) is 4.45. The van der Waals surface area contributed by atoms with Crippen molar-refractivity contribution in [3.05, 3.63) is 80.4 Å². The van der Waals surface area contributed by atoms with Gasteiger partial charge in [0.2, 0.25) is 5.76 Å². The first-order valence-corrected chi connectivity index (χ1v) is 8.82. The van der Waals surface area contributed by atoms with Crippen molar-refractivity contribution in [3.63, 3.8) is 0 Å². The molecule has 27 heavy (non-hydrogen) atoms. The lowest BCUT2D eigenvalue weighted by Gasteiger charge is -2.24. The molecule has 0 radical (unpaired) electrons. The molecule has 5 nitrogen and oxygen atoms in total. The Morgan fingerprint density at radius 3 is 2.59 bits per heavy atom. The zero-order valence-corrected chi connectivity index (χ0v) is 14.9. The Morgan fingerprint density at radius 1 is 1.15 bits per heavy atom. The van der Waals surface area contributed by atoms with Gasteiger partial charge in [0.05, 0.1) is 17.0 Å². The second kappa shape index (κ2) is 6.79. The number of fused-ring (bicyclic) bond motifs is 2. The van der Waals surface area contributed by atoms with Crippen LogP contribution in [0.2, 0.25) is 5.02 Å². The standard InChI is InChI=1S/C20H15ClFNO4/c21-12-4-7-15-14(10-12)18(25)16-17(11-2-5-13(22)6-3-11)23(8-1-9-24)20(26)19(16)27-15/h2-7,10,17,24H,1,8-9H2. The Labute approximate surface area is 158 Å². The number of rotatable bonds is 4. The summed E-state index contributed by atoms with van der Waals surface area (Å²) in [7, 11) is 0. The molecule has 138 valence electrons. The first-order chi connectivity index (χ1) is 13.0. The first kappa shape index (κ1) is 17.7. The molecule has 2 heterocycles. The van der Waals surface area contributed by atoms with Crippen LogP contribution in [0.4, 0.5) is 4.39 Å². The highest BCUT2D eigenvalue weighted by molar-refractivity contribution is 6.31. The van der Waals surface area contributed by atoms with Gasteiger partial charge in [-0.2, -0.15) is 0 Å². The number of aliphatic hydroxyl groups is 1. The van der Waals surface area contributed by atoms with E-state index in [1.54, 1.807) is 12.1 Å². The lowest BCUT2D eigenvalue weighted by Crippen LogP contribution is -2.31. The van der Waals surface area contributed by atoms with Crippen molar-refractivity contribution in [2.75, 3.05) is 13.2 Å². The molecule has 0 spiro atoms. The number of halogens is 2. The van der Waals surface area contributed by atoms with Crippen LogP contribution in [0.5, 0.6) is 0 Å². The Hall–Kier alpha value is -2.70. The zero-order valence-electron chi connectivity index (χ0n) is 14.1. The van der Waals surface area contributed by atoms with Gasteiger partial charge in [0, 0.05) is 18.2 Å². The van der Waals surface area contributed by atoms with Crippen LogP contribution in [-0.2, 0) is 0 Å². The van der Waals surface area contributed by atoms with Gasteiger partial charge in [-0.3, -0.25) is 9.59 Å². The fraction of sp³-hybridized carbons (Fsp3) is 0.200. The van der Waals surface area contributed by atoms with Gasteiger partial charge in [-0.15, -0.1) is 0 Å². The van der Waals surface area contributed by atoms with Crippen LogP contribution in [0.25, 0.3) is 11.0 Å². The third-order valence-electron chi connectivity index (χ3n) is 4.67. The average Bonchev–Trinajstić information content (AvgIpc) is 2.94. The lowest BCUT2D eigenvalue weighted by atomic mass is 9.98. The van der Waals surface area contributed by atoms with Crippen LogP contribution in [0.1, 0.15) is 34.1 Å². The first-order valence-electron chi connectivity index (χ1n) is 8.45. The number of nitrogens with zero attached hydrogens (tertiary/aromatic N) is 1. The van der Waals surface area contributed by atoms with Crippen LogP contribution < -0.4 is 5.43 Å². The highest BCUT2D eigenvalue weighted by atomic mass is 35.5. The smallest absolute Gasteiger partial charge is 0.290 e. The lowest BCUT2D eigenvalue weighted by molar-refractivity contribution is 0.0716. The van der Waals surface area contributed by atoms with Crippen molar-refractivity contribution in [1.29, 1.82) is 0 Å². The molecule has 1 N–H and O–H groups in total. The minimum atomic E-state index is -0.709. The van der Waals surface area contributed by atoms with E-state index in [1.807, 2.05) is 0 Å². The molecule has 1 aromatic heterocycles. The van der Waals surface area contributed by atoms with Gasteiger partial charge >= 0.3 is 0 Å². The van der Waals surface area contributed by atoms with E-state index in [1.165, 1.54) is 35.2 Å². The van der Waals surface area contributed by atoms with Crippen molar-refractivity contribution < 1.29 is 18.7 Å². The molecule has 1 aliphatic heterocycles. The van der Waals surface area contributed by atoms with E-state index < -0.39 is 17.8 Å². The molecule has 1 unspecified atom stereocenters. The Morgan fingerprint density at radius 2 is 1.89 bits per heavy atom. The van der Waals surface area contributed by atoms with Gasteiger partial charge in [-0.1, -0.05) is 23.7 Å². The summed E-state index contributed by atoms with van der Waals surface area (Å²) in [5.41, 5.74) is 0.732. The summed E-state index contributed by atoms with van der Waals surface area (Å²) in [6, 6.07) is 9.56. The van der Waals surface area contributed by atoms with Gasteiger partial charge in [0.25, 0.3) is 5.91 Å². The monoisotopic (exact) mass is 387 g/mol. The van der Waals surface area contributed by atoms with Crippen LogP contribution in [0.3, 0.4) is 0 Å². The topological polar surface area (TPSA) is 70.8 Å². The summed E-state index contributed by atoms with van der Waals surface area (Å²) in [6.45, 7) is 0.132. The molecular formula is C20H15ClFNO4. The number of benzene rings is 2. The SMILES string of the molecule is O=C1c2oc3ccc(Cl)cc3c(=O)c2C(c2ccc(F)cc2)N1CCCO. The minimum absolute atomic E-state index is 0.0258. The molecule has 0 saturated heterocycles. The molecule has 2 aromatic carbocycles. The quantitative estimate of drug-likeness (QED) is 0.743. The van der Waals surface area contributed by atoms with Crippen molar-refractivity contribution in [2.24, 2.45) is 0 Å². The number of aliphatic hydroxyl groups excluding tert-OH is 1. The Bertz CT molecular complexity index is 1090. The molecule has 1 amide bonds. The van der Waals surface area contributed by atoms with Crippen molar-refractivity contribution in [1.82, 2.24) is 4.90 Å². The van der Waals surface area contributed by atoms with Crippen molar-refractivity contribution >= 4 is 28.5 Å². The third kappa shape index (κ3) is 2.91. The zero-order chi connectivity index (χ0) is 19.1. The molecule has 3 aromatic rings. The fourth-order valence-corrected chi connectivity index (χ4v) is 3.63. The van der Waals surface area contributed by atoms with Crippen molar-refractivity contribution in [3.8, 4) is 0 Å². The largest absolute Gasteiger partial charge is 0.450 e. The second-order valence-electron chi connectivity index (χ2n) is 6.34. The van der Waals surface area contributed by atoms with Gasteiger partial charge in [0.1, 0.15) is 11.4 Å². The second-order valence-corrected chi connectivity index (χ2v) is 6.78. The molecular weight excluding hydrogens is 373 g/mol. The van der Waals surface area contributed by atoms with Crippen LogP contribution in [0.15, 0.2) is 51.7 Å². The maximum absolute atomic E-state index is 13.4. The number of carbonyl (C=O) groups excluding carboxylic acids is 1. The maximum atomic E-state index is 13.4. The van der Waals surface area contributed by atoms with Crippen LogP contribution >= 0.6 is 11.6 Å². The number of amides is 1. The summed E-state index contributed by atoms with van der Waals surface area (Å²) < 4.78 is 19.1. The van der Waals surface area contributed by atoms with E-state index >= 15 is 0 Å². The van der Waals surface area contributed by atoms with Crippen LogP contribution in [0, 0.1) is 5.82 Å². The van der Waals surface area contributed by atoms with Gasteiger partial charge in [0.15, 0.2) is 5.43 Å². The van der Waals surface area contributed by atoms with E-state index in [0.717, 1.165) is 0 Å². The molecule has 0 aliphatic carbocycles. The van der Waals surface area contributed by atoms with Gasteiger partial charge in [-0.05, 0) is 42.3 Å². The summed E-state index contributed by atoms with van der Waals surface area (Å²) >= 11 is 6.01. The molecule has 0 fully saturated rings. The molecule has 1 atom stereocenters. The van der Waals surface area contributed by atoms with E-state index in [9.17, 15) is 19.1 Å². The molecule has 1 aliphatic rings. The normalized spacial score (nSPS) is 16.2. The highest BCUT2D eigenvalue weighted by Gasteiger charge is 2.42. The summed E-state index contributed by atoms with van der Waals surface area (Å²) in [6.07, 6.45) is 0.344. The van der Waals surface area contributed by atoms with Gasteiger partial charge in [-0.25, -0.2) is 4.39 Å². The molecule has 7 heteroatoms. The number of hydrogen-bond acceptors (Lipinski definition) is 4. The van der Waals surface area contributed by atoms with Gasteiger partial charge < -0.3 is 14.4 Å². The molecule has 0 bridgehead atoms. The molecule has 4 rings (SSSR count). The van der Waals surface area contributed by atoms with E-state index in [0.29, 0.717) is 17.0 Å². The van der Waals surface area contributed by atoms with E-state index in [2.05, 4.69) is 0 Å². The number of carbonyl (C=O) groups is 1.